The van der Waals surface area contributed by atoms with Gasteiger partial charge in [-0.3, -0.25) is 0 Å². The van der Waals surface area contributed by atoms with Crippen LogP contribution in [0.1, 0.15) is 44.1 Å². The van der Waals surface area contributed by atoms with Crippen molar-refractivity contribution in [3.63, 3.8) is 0 Å². The van der Waals surface area contributed by atoms with Crippen LogP contribution in [0.25, 0.3) is 0 Å². The van der Waals surface area contributed by atoms with Crippen LogP contribution in [0.2, 0.25) is 0 Å². The van der Waals surface area contributed by atoms with Gasteiger partial charge in [-0.15, -0.1) is 0 Å². The third-order valence-corrected chi connectivity index (χ3v) is 3.99. The highest BCUT2D eigenvalue weighted by Gasteiger charge is 2.24. The Hall–Kier alpha value is -1.25. The van der Waals surface area contributed by atoms with E-state index in [1.165, 1.54) is 12.8 Å². The monoisotopic (exact) mass is 250 g/mol. The Balaban J connectivity index is 1.73. The molecule has 0 spiro atoms. The van der Waals surface area contributed by atoms with E-state index in [-0.39, 0.29) is 18.0 Å². The predicted molar refractivity (Wildman–Crippen MR) is 67.7 cm³/mol. The molecule has 0 saturated heterocycles. The predicted octanol–water partition coefficient (Wildman–Crippen LogP) is 4.00. The van der Waals surface area contributed by atoms with Gasteiger partial charge in [0.15, 0.2) is 11.6 Å². The minimum absolute atomic E-state index is 0.206. The first-order valence-corrected chi connectivity index (χ1v) is 6.86. The zero-order valence-corrected chi connectivity index (χ0v) is 10.7. The van der Waals surface area contributed by atoms with E-state index in [2.05, 4.69) is 0 Å². The molecule has 0 radical (unpaired) electrons. The molecule has 2 aliphatic rings. The Morgan fingerprint density at radius 1 is 0.944 bits per heavy atom. The summed E-state index contributed by atoms with van der Waals surface area (Å²) in [5.41, 5.74) is 0.568. The largest absolute Gasteiger partial charge is 0.490 e. The van der Waals surface area contributed by atoms with Gasteiger partial charge in [0, 0.05) is 5.56 Å². The number of ether oxygens (including phenoxy) is 2. The van der Waals surface area contributed by atoms with E-state index in [1.54, 1.807) is 13.0 Å². The molecule has 0 aromatic heterocycles. The molecule has 18 heavy (non-hydrogen) atoms. The summed E-state index contributed by atoms with van der Waals surface area (Å²) < 4.78 is 25.5. The summed E-state index contributed by atoms with van der Waals surface area (Å²) in [5, 5.41) is 0. The molecule has 2 fully saturated rings. The molecule has 3 heteroatoms. The summed E-state index contributed by atoms with van der Waals surface area (Å²) in [5.74, 6) is 0.773. The third-order valence-electron chi connectivity index (χ3n) is 3.99. The molecule has 0 bridgehead atoms. The van der Waals surface area contributed by atoms with Gasteiger partial charge in [-0.25, -0.2) is 4.39 Å². The fourth-order valence-corrected chi connectivity index (χ4v) is 2.20. The van der Waals surface area contributed by atoms with Gasteiger partial charge in [-0.1, -0.05) is 0 Å². The smallest absolute Gasteiger partial charge is 0.171 e. The van der Waals surface area contributed by atoms with E-state index in [0.717, 1.165) is 25.7 Å². The number of benzene rings is 1. The number of hydrogen-bond donors (Lipinski definition) is 0. The molecule has 0 atom stereocenters. The maximum absolute atomic E-state index is 14.2. The van der Waals surface area contributed by atoms with Gasteiger partial charge in [0.1, 0.15) is 5.75 Å². The van der Waals surface area contributed by atoms with Crippen molar-refractivity contribution >= 4 is 0 Å². The van der Waals surface area contributed by atoms with Crippen molar-refractivity contribution in [3.8, 4) is 11.5 Å². The minimum Gasteiger partial charge on any atom is -0.490 e. The molecule has 0 heterocycles. The molecule has 1 aromatic rings. The van der Waals surface area contributed by atoms with Crippen molar-refractivity contribution in [1.29, 1.82) is 0 Å². The Bertz CT molecular complexity index is 395. The lowest BCUT2D eigenvalue weighted by molar-refractivity contribution is 0.110. The van der Waals surface area contributed by atoms with Gasteiger partial charge >= 0.3 is 0 Å². The summed E-state index contributed by atoms with van der Waals surface area (Å²) in [6.07, 6.45) is 7.14. The number of rotatable bonds is 4. The van der Waals surface area contributed by atoms with Gasteiger partial charge in [-0.05, 0) is 57.6 Å². The van der Waals surface area contributed by atoms with Gasteiger partial charge in [-0.2, -0.15) is 0 Å². The molecular weight excluding hydrogens is 231 g/mol. The molecule has 0 N–H and O–H groups in total. The lowest BCUT2D eigenvalue weighted by Gasteiger charge is -2.29. The molecule has 2 aliphatic carbocycles. The van der Waals surface area contributed by atoms with Crippen LogP contribution in [0.5, 0.6) is 11.5 Å². The van der Waals surface area contributed by atoms with Gasteiger partial charge in [0.25, 0.3) is 0 Å². The molecule has 0 aliphatic heterocycles. The maximum Gasteiger partial charge on any atom is 0.171 e. The average Bonchev–Trinajstić information content (AvgIpc) is 2.25. The molecule has 98 valence electrons. The first-order chi connectivity index (χ1) is 8.74. The van der Waals surface area contributed by atoms with Crippen molar-refractivity contribution in [2.24, 2.45) is 0 Å². The topological polar surface area (TPSA) is 18.5 Å². The Kier molecular flexibility index (Phi) is 3.14. The quantitative estimate of drug-likeness (QED) is 0.804. The SMILES string of the molecule is Cc1c(OC2CCC2)ccc(OC2CCC2)c1F. The molecule has 2 nitrogen and oxygen atoms in total. The highest BCUT2D eigenvalue weighted by atomic mass is 19.1. The van der Waals surface area contributed by atoms with E-state index in [0.29, 0.717) is 17.1 Å². The second-order valence-corrected chi connectivity index (χ2v) is 5.34. The summed E-state index contributed by atoms with van der Waals surface area (Å²) in [7, 11) is 0. The van der Waals surface area contributed by atoms with Crippen LogP contribution in [0.15, 0.2) is 12.1 Å². The van der Waals surface area contributed by atoms with Gasteiger partial charge in [0.05, 0.1) is 12.2 Å². The normalized spacial score (nSPS) is 20.1. The van der Waals surface area contributed by atoms with Crippen LogP contribution in [0, 0.1) is 12.7 Å². The highest BCUT2D eigenvalue weighted by molar-refractivity contribution is 5.41. The van der Waals surface area contributed by atoms with Crippen molar-refractivity contribution in [2.45, 2.75) is 57.7 Å². The molecule has 3 rings (SSSR count). The fraction of sp³-hybridized carbons (Fsp3) is 0.600. The van der Waals surface area contributed by atoms with Crippen LogP contribution < -0.4 is 9.47 Å². The van der Waals surface area contributed by atoms with E-state index >= 15 is 0 Å². The average molecular weight is 250 g/mol. The first-order valence-electron chi connectivity index (χ1n) is 6.86. The van der Waals surface area contributed by atoms with E-state index in [9.17, 15) is 4.39 Å². The van der Waals surface area contributed by atoms with E-state index in [4.69, 9.17) is 9.47 Å². The highest BCUT2D eigenvalue weighted by Crippen LogP contribution is 2.34. The maximum atomic E-state index is 14.2. The van der Waals surface area contributed by atoms with E-state index < -0.39 is 0 Å². The molecule has 2 saturated carbocycles. The molecule has 0 amide bonds. The third kappa shape index (κ3) is 2.18. The first kappa shape index (κ1) is 11.8. The van der Waals surface area contributed by atoms with Crippen LogP contribution in [0.3, 0.4) is 0 Å². The standard InChI is InChI=1S/C15H19FO2/c1-10-13(17-11-4-2-5-11)8-9-14(15(10)16)18-12-6-3-7-12/h8-9,11-12H,2-7H2,1H3. The Morgan fingerprint density at radius 2 is 1.44 bits per heavy atom. The molecular formula is C15H19FO2. The van der Waals surface area contributed by atoms with Crippen LogP contribution in [-0.4, -0.2) is 12.2 Å². The zero-order valence-electron chi connectivity index (χ0n) is 10.7. The second kappa shape index (κ2) is 4.79. The summed E-state index contributed by atoms with van der Waals surface area (Å²) >= 11 is 0. The summed E-state index contributed by atoms with van der Waals surface area (Å²) in [6.45, 7) is 1.76. The minimum atomic E-state index is -0.265. The summed E-state index contributed by atoms with van der Waals surface area (Å²) in [6, 6.07) is 3.54. The molecule has 1 aromatic carbocycles. The molecule has 0 unspecified atom stereocenters. The lowest BCUT2D eigenvalue weighted by atomic mass is 9.96. The Morgan fingerprint density at radius 3 is 1.94 bits per heavy atom. The zero-order chi connectivity index (χ0) is 12.5. The Labute approximate surface area is 107 Å². The van der Waals surface area contributed by atoms with Crippen molar-refractivity contribution in [3.05, 3.63) is 23.5 Å². The van der Waals surface area contributed by atoms with E-state index in [1.807, 2.05) is 6.07 Å². The van der Waals surface area contributed by atoms with Gasteiger partial charge in [0.2, 0.25) is 0 Å². The number of halogens is 1. The fourth-order valence-electron chi connectivity index (χ4n) is 2.20. The number of hydrogen-bond acceptors (Lipinski definition) is 2. The van der Waals surface area contributed by atoms with Crippen LogP contribution in [-0.2, 0) is 0 Å². The van der Waals surface area contributed by atoms with Crippen molar-refractivity contribution in [1.82, 2.24) is 0 Å². The lowest BCUT2D eigenvalue weighted by Crippen LogP contribution is -2.26. The van der Waals surface area contributed by atoms with Crippen LogP contribution in [0.4, 0.5) is 4.39 Å². The second-order valence-electron chi connectivity index (χ2n) is 5.34. The van der Waals surface area contributed by atoms with Crippen molar-refractivity contribution in [2.75, 3.05) is 0 Å². The summed E-state index contributed by atoms with van der Waals surface area (Å²) in [4.78, 5) is 0. The van der Waals surface area contributed by atoms with Crippen LogP contribution >= 0.6 is 0 Å². The van der Waals surface area contributed by atoms with Crippen molar-refractivity contribution < 1.29 is 13.9 Å². The van der Waals surface area contributed by atoms with Gasteiger partial charge < -0.3 is 9.47 Å².